The lowest BCUT2D eigenvalue weighted by atomic mass is 10.1. The number of hydrogen-bond donors (Lipinski definition) is 1. The molecule has 0 atom stereocenters. The van der Waals surface area contributed by atoms with Crippen LogP contribution in [0.15, 0.2) is 54.7 Å². The lowest BCUT2D eigenvalue weighted by molar-refractivity contribution is 0.0681. The smallest absolute Gasteiger partial charge is 0.272 e. The second-order valence-electron chi connectivity index (χ2n) is 6.46. The first-order chi connectivity index (χ1) is 13.6. The maximum Gasteiger partial charge on any atom is 0.272 e. The summed E-state index contributed by atoms with van der Waals surface area (Å²) in [7, 11) is 0. The number of halogens is 1. The van der Waals surface area contributed by atoms with Crippen LogP contribution in [0.3, 0.4) is 0 Å². The summed E-state index contributed by atoms with van der Waals surface area (Å²) >= 11 is 0. The van der Waals surface area contributed by atoms with Gasteiger partial charge in [0.25, 0.3) is 11.8 Å². The summed E-state index contributed by atoms with van der Waals surface area (Å²) < 4.78 is 15.4. The lowest BCUT2D eigenvalue weighted by Gasteiger charge is -2.27. The Kier molecular flexibility index (Phi) is 4.84. The van der Waals surface area contributed by atoms with Crippen molar-refractivity contribution in [3.05, 3.63) is 83.2 Å². The standard InChI is InChI=1S/C20H18FN5O2/c21-16-7-2-1-5-14(16)13-25-9-10-26-18(20(25)28)11-17(24-26)19(27)23-12-15-6-3-4-8-22-15/h1-8,11H,9-10,12-13H2,(H,23,27). The molecule has 0 fully saturated rings. The number of amides is 2. The van der Waals surface area contributed by atoms with Gasteiger partial charge in [-0.25, -0.2) is 4.39 Å². The van der Waals surface area contributed by atoms with Crippen molar-refractivity contribution in [1.82, 2.24) is 25.0 Å². The predicted molar refractivity (Wildman–Crippen MR) is 98.8 cm³/mol. The first-order valence-electron chi connectivity index (χ1n) is 8.90. The normalized spacial score (nSPS) is 13.3. The van der Waals surface area contributed by atoms with Crippen LogP contribution in [0, 0.1) is 5.82 Å². The first-order valence-corrected chi connectivity index (χ1v) is 8.90. The van der Waals surface area contributed by atoms with Gasteiger partial charge in [-0.1, -0.05) is 24.3 Å². The number of hydrogen-bond acceptors (Lipinski definition) is 4. The van der Waals surface area contributed by atoms with Crippen LogP contribution < -0.4 is 5.32 Å². The Morgan fingerprint density at radius 2 is 1.96 bits per heavy atom. The van der Waals surface area contributed by atoms with Gasteiger partial charge in [0.2, 0.25) is 0 Å². The van der Waals surface area contributed by atoms with Gasteiger partial charge < -0.3 is 10.2 Å². The van der Waals surface area contributed by atoms with Crippen molar-refractivity contribution in [3.8, 4) is 0 Å². The Labute approximate surface area is 160 Å². The van der Waals surface area contributed by atoms with E-state index in [2.05, 4.69) is 15.4 Å². The van der Waals surface area contributed by atoms with Crippen LogP contribution in [0.4, 0.5) is 4.39 Å². The predicted octanol–water partition coefficient (Wildman–Crippen LogP) is 2.00. The topological polar surface area (TPSA) is 80.1 Å². The quantitative estimate of drug-likeness (QED) is 0.735. The third-order valence-corrected chi connectivity index (χ3v) is 4.58. The minimum Gasteiger partial charge on any atom is -0.345 e. The van der Waals surface area contributed by atoms with Crippen molar-refractivity contribution in [1.29, 1.82) is 0 Å². The average molecular weight is 379 g/mol. The molecule has 0 saturated carbocycles. The molecule has 2 amide bonds. The number of aromatic nitrogens is 3. The molecule has 0 bridgehead atoms. The van der Waals surface area contributed by atoms with Crippen LogP contribution in [0.5, 0.6) is 0 Å². The van der Waals surface area contributed by atoms with E-state index < -0.39 is 0 Å². The van der Waals surface area contributed by atoms with E-state index in [0.29, 0.717) is 24.3 Å². The molecule has 3 aromatic rings. The van der Waals surface area contributed by atoms with Gasteiger partial charge in [0, 0.05) is 30.9 Å². The minimum absolute atomic E-state index is 0.173. The Hall–Kier alpha value is -3.55. The molecule has 0 radical (unpaired) electrons. The first kappa shape index (κ1) is 17.8. The van der Waals surface area contributed by atoms with E-state index in [4.69, 9.17) is 0 Å². The minimum atomic E-state index is -0.374. The number of pyridine rings is 1. The van der Waals surface area contributed by atoms with E-state index in [1.54, 1.807) is 35.4 Å². The van der Waals surface area contributed by atoms with Crippen LogP contribution in [0.25, 0.3) is 0 Å². The Bertz CT molecular complexity index is 1020. The van der Waals surface area contributed by atoms with Crippen LogP contribution in [-0.2, 0) is 19.6 Å². The molecule has 3 heterocycles. The molecular formula is C20H18FN5O2. The number of fused-ring (bicyclic) bond motifs is 1. The number of rotatable bonds is 5. The highest BCUT2D eigenvalue weighted by atomic mass is 19.1. The number of nitrogens with one attached hydrogen (secondary N) is 1. The maximum atomic E-state index is 13.9. The summed E-state index contributed by atoms with van der Waals surface area (Å²) in [5.41, 5.74) is 1.68. The third kappa shape index (κ3) is 3.62. The van der Waals surface area contributed by atoms with Crippen molar-refractivity contribution in [3.63, 3.8) is 0 Å². The molecule has 28 heavy (non-hydrogen) atoms. The van der Waals surface area contributed by atoms with E-state index >= 15 is 0 Å². The van der Waals surface area contributed by atoms with Crippen molar-refractivity contribution in [2.45, 2.75) is 19.6 Å². The van der Waals surface area contributed by atoms with Gasteiger partial charge in [-0.3, -0.25) is 19.3 Å². The molecular weight excluding hydrogens is 361 g/mol. The number of nitrogens with zero attached hydrogens (tertiary/aromatic N) is 4. The molecule has 4 rings (SSSR count). The summed E-state index contributed by atoms with van der Waals surface area (Å²) in [6, 6.07) is 13.3. The molecule has 0 saturated heterocycles. The third-order valence-electron chi connectivity index (χ3n) is 4.58. The Morgan fingerprint density at radius 3 is 2.75 bits per heavy atom. The van der Waals surface area contributed by atoms with Crippen LogP contribution >= 0.6 is 0 Å². The molecule has 0 unspecified atom stereocenters. The monoisotopic (exact) mass is 379 g/mol. The van der Waals surface area contributed by atoms with Crippen LogP contribution in [0.2, 0.25) is 0 Å². The summed E-state index contributed by atoms with van der Waals surface area (Å²) in [5.74, 6) is -0.990. The Morgan fingerprint density at radius 1 is 1.14 bits per heavy atom. The zero-order valence-corrected chi connectivity index (χ0v) is 15.0. The highest BCUT2D eigenvalue weighted by molar-refractivity contribution is 5.98. The van der Waals surface area contributed by atoms with Gasteiger partial charge in [-0.2, -0.15) is 5.10 Å². The van der Waals surface area contributed by atoms with E-state index in [9.17, 15) is 14.0 Å². The lowest BCUT2D eigenvalue weighted by Crippen LogP contribution is -2.40. The molecule has 0 aliphatic carbocycles. The highest BCUT2D eigenvalue weighted by Gasteiger charge is 2.28. The zero-order chi connectivity index (χ0) is 19.5. The van der Waals surface area contributed by atoms with E-state index in [0.717, 1.165) is 5.69 Å². The van der Waals surface area contributed by atoms with Crippen LogP contribution in [0.1, 0.15) is 32.2 Å². The molecule has 1 aliphatic rings. The fourth-order valence-corrected chi connectivity index (χ4v) is 3.10. The second kappa shape index (κ2) is 7.59. The molecule has 142 valence electrons. The Balaban J connectivity index is 1.45. The average Bonchev–Trinajstić information content (AvgIpc) is 3.16. The summed E-state index contributed by atoms with van der Waals surface area (Å²) in [6.45, 7) is 1.30. The second-order valence-corrected chi connectivity index (χ2v) is 6.46. The van der Waals surface area contributed by atoms with Gasteiger partial charge in [-0.05, 0) is 18.2 Å². The molecule has 1 N–H and O–H groups in total. The van der Waals surface area contributed by atoms with Gasteiger partial charge >= 0.3 is 0 Å². The van der Waals surface area contributed by atoms with Crippen molar-refractivity contribution in [2.75, 3.05) is 6.54 Å². The van der Waals surface area contributed by atoms with Crippen molar-refractivity contribution in [2.24, 2.45) is 0 Å². The number of benzene rings is 1. The highest BCUT2D eigenvalue weighted by Crippen LogP contribution is 2.18. The summed E-state index contributed by atoms with van der Waals surface area (Å²) in [6.07, 6.45) is 1.65. The fraction of sp³-hybridized carbons (Fsp3) is 0.200. The molecule has 1 aromatic carbocycles. The van der Waals surface area contributed by atoms with Gasteiger partial charge in [-0.15, -0.1) is 0 Å². The zero-order valence-electron chi connectivity index (χ0n) is 15.0. The molecule has 7 nitrogen and oxygen atoms in total. The molecule has 0 spiro atoms. The molecule has 1 aliphatic heterocycles. The number of carbonyl (C=O) groups is 2. The van der Waals surface area contributed by atoms with Crippen LogP contribution in [-0.4, -0.2) is 38.0 Å². The van der Waals surface area contributed by atoms with Gasteiger partial charge in [0.15, 0.2) is 5.69 Å². The van der Waals surface area contributed by atoms with Crippen molar-refractivity contribution >= 4 is 11.8 Å². The van der Waals surface area contributed by atoms with E-state index in [1.807, 2.05) is 12.1 Å². The fourth-order valence-electron chi connectivity index (χ4n) is 3.10. The van der Waals surface area contributed by atoms with E-state index in [1.165, 1.54) is 16.8 Å². The van der Waals surface area contributed by atoms with Gasteiger partial charge in [0.05, 0.1) is 18.8 Å². The van der Waals surface area contributed by atoms with Crippen molar-refractivity contribution < 1.29 is 14.0 Å². The maximum absolute atomic E-state index is 13.9. The van der Waals surface area contributed by atoms with E-state index in [-0.39, 0.29) is 36.4 Å². The number of carbonyl (C=O) groups excluding carboxylic acids is 2. The molecule has 8 heteroatoms. The largest absolute Gasteiger partial charge is 0.345 e. The van der Waals surface area contributed by atoms with Gasteiger partial charge in [0.1, 0.15) is 11.5 Å². The summed E-state index contributed by atoms with van der Waals surface area (Å²) in [5, 5.41) is 6.98. The molecule has 2 aromatic heterocycles. The summed E-state index contributed by atoms with van der Waals surface area (Å²) in [4.78, 5) is 30.8. The SMILES string of the molecule is O=C(NCc1ccccn1)c1cc2n(n1)CCN(Cc1ccccc1F)C2=O.